The monoisotopic (exact) mass is 530 g/mol. The van der Waals surface area contributed by atoms with Crippen LogP contribution in [0.2, 0.25) is 5.02 Å². The van der Waals surface area contributed by atoms with E-state index in [9.17, 15) is 27.2 Å². The van der Waals surface area contributed by atoms with Gasteiger partial charge in [-0.3, -0.25) is 9.48 Å². The van der Waals surface area contributed by atoms with Crippen molar-refractivity contribution in [1.82, 2.24) is 19.6 Å². The van der Waals surface area contributed by atoms with Gasteiger partial charge in [0.15, 0.2) is 5.69 Å². The highest BCUT2D eigenvalue weighted by Gasteiger charge is 2.42. The number of ether oxygens (including phenoxy) is 1. The molecule has 12 heteroatoms. The van der Waals surface area contributed by atoms with Gasteiger partial charge in [0.25, 0.3) is 0 Å². The van der Waals surface area contributed by atoms with Gasteiger partial charge in [-0.05, 0) is 39.3 Å². The van der Waals surface area contributed by atoms with Crippen molar-refractivity contribution < 1.29 is 31.9 Å². The van der Waals surface area contributed by atoms with Gasteiger partial charge in [-0.25, -0.2) is 9.18 Å². The molecule has 0 N–H and O–H groups in total. The molecule has 0 saturated carbocycles. The van der Waals surface area contributed by atoms with E-state index in [0.717, 1.165) is 10.7 Å². The first kappa shape index (κ1) is 26.2. The minimum atomic E-state index is -4.67. The normalized spacial score (nSPS) is 16.6. The molecule has 3 heterocycles. The third-order valence-electron chi connectivity index (χ3n) is 6.17. The summed E-state index contributed by atoms with van der Waals surface area (Å²) in [7, 11) is 0. The maximum absolute atomic E-state index is 14.3. The average Bonchev–Trinajstić information content (AvgIpc) is 3.09. The molecule has 1 fully saturated rings. The number of halogens is 5. The van der Waals surface area contributed by atoms with Crippen LogP contribution in [0.3, 0.4) is 0 Å². The van der Waals surface area contributed by atoms with E-state index in [2.05, 4.69) is 5.10 Å². The van der Waals surface area contributed by atoms with Crippen LogP contribution in [-0.2, 0) is 35.2 Å². The van der Waals surface area contributed by atoms with Crippen LogP contribution in [0.15, 0.2) is 18.2 Å². The molecule has 2 amide bonds. The van der Waals surface area contributed by atoms with E-state index in [1.165, 1.54) is 21.9 Å². The Morgan fingerprint density at radius 1 is 1.17 bits per heavy atom. The minimum absolute atomic E-state index is 0.00623. The number of hydrogen-bond acceptors (Lipinski definition) is 4. The number of benzene rings is 1. The third kappa shape index (κ3) is 5.77. The lowest BCUT2D eigenvalue weighted by Crippen LogP contribution is -2.53. The fourth-order valence-electron chi connectivity index (χ4n) is 4.41. The summed E-state index contributed by atoms with van der Waals surface area (Å²) in [5.41, 5.74) is -1.22. The summed E-state index contributed by atoms with van der Waals surface area (Å²) in [6.45, 7) is 5.91. The average molecular weight is 531 g/mol. The number of fused-ring (bicyclic) bond motifs is 1. The highest BCUT2D eigenvalue weighted by atomic mass is 35.5. The van der Waals surface area contributed by atoms with Crippen molar-refractivity contribution in [2.45, 2.75) is 58.5 Å². The number of hydrogen-bond donors (Lipinski definition) is 0. The Hall–Kier alpha value is -2.82. The lowest BCUT2D eigenvalue weighted by molar-refractivity contribution is -0.142. The first-order chi connectivity index (χ1) is 16.7. The van der Waals surface area contributed by atoms with E-state index in [4.69, 9.17) is 16.3 Å². The quantitative estimate of drug-likeness (QED) is 0.528. The summed E-state index contributed by atoms with van der Waals surface area (Å²) in [6, 6.07) is 3.94. The molecule has 0 aliphatic carbocycles. The summed E-state index contributed by atoms with van der Waals surface area (Å²) in [6.07, 6.45) is -4.95. The van der Waals surface area contributed by atoms with Crippen molar-refractivity contribution in [2.24, 2.45) is 5.92 Å². The Labute approximate surface area is 210 Å². The number of likely N-dealkylation sites (tertiary alicyclic amines) is 1. The molecule has 1 aromatic heterocycles. The number of aromatic nitrogens is 2. The maximum Gasteiger partial charge on any atom is 0.435 e. The third-order valence-corrected chi connectivity index (χ3v) is 6.40. The summed E-state index contributed by atoms with van der Waals surface area (Å²) in [4.78, 5) is 28.1. The van der Waals surface area contributed by atoms with Crippen LogP contribution in [0.4, 0.5) is 22.4 Å². The number of carbonyl (C=O) groups excluding carboxylic acids is 2. The van der Waals surface area contributed by atoms with Gasteiger partial charge in [-0.15, -0.1) is 0 Å². The Bertz CT molecular complexity index is 1170. The van der Waals surface area contributed by atoms with Crippen molar-refractivity contribution >= 4 is 23.6 Å². The number of nitrogens with zero attached hydrogens (tertiary/aromatic N) is 4. The molecule has 2 aromatic rings. The number of alkyl halides is 3. The molecule has 0 spiro atoms. The smallest absolute Gasteiger partial charge is 0.435 e. The van der Waals surface area contributed by atoms with Crippen molar-refractivity contribution in [1.29, 1.82) is 0 Å². The molecule has 1 saturated heterocycles. The molecule has 0 bridgehead atoms. The van der Waals surface area contributed by atoms with E-state index < -0.39 is 29.4 Å². The Morgan fingerprint density at radius 2 is 1.86 bits per heavy atom. The summed E-state index contributed by atoms with van der Waals surface area (Å²) in [5.74, 6) is -0.915. The van der Waals surface area contributed by atoms with Crippen LogP contribution in [-0.4, -0.2) is 56.8 Å². The van der Waals surface area contributed by atoms with Gasteiger partial charge in [0.2, 0.25) is 5.91 Å². The van der Waals surface area contributed by atoms with Gasteiger partial charge in [-0.2, -0.15) is 18.3 Å². The number of amides is 2. The van der Waals surface area contributed by atoms with Gasteiger partial charge in [-0.1, -0.05) is 17.7 Å². The molecule has 36 heavy (non-hydrogen) atoms. The summed E-state index contributed by atoms with van der Waals surface area (Å²) < 4.78 is 61.7. The Kier molecular flexibility index (Phi) is 6.98. The van der Waals surface area contributed by atoms with Crippen LogP contribution in [0.5, 0.6) is 0 Å². The fraction of sp³-hybridized carbons (Fsp3) is 0.542. The molecule has 7 nitrogen and oxygen atoms in total. The molecular formula is C24H27ClF4N4O3. The van der Waals surface area contributed by atoms with Crippen LogP contribution in [0, 0.1) is 11.7 Å². The summed E-state index contributed by atoms with van der Waals surface area (Å²) >= 11 is 5.78. The lowest BCUT2D eigenvalue weighted by Gasteiger charge is -2.40. The zero-order chi connectivity index (χ0) is 26.4. The van der Waals surface area contributed by atoms with Crippen LogP contribution in [0.25, 0.3) is 0 Å². The molecule has 0 radical (unpaired) electrons. The highest BCUT2D eigenvalue weighted by Crippen LogP contribution is 2.36. The number of carbonyl (C=O) groups is 2. The van der Waals surface area contributed by atoms with Gasteiger partial charge in [0.05, 0.1) is 18.8 Å². The molecule has 2 aliphatic heterocycles. The Balaban J connectivity index is 1.45. The first-order valence-electron chi connectivity index (χ1n) is 11.6. The second kappa shape index (κ2) is 9.57. The fourth-order valence-corrected chi connectivity index (χ4v) is 4.57. The van der Waals surface area contributed by atoms with Crippen molar-refractivity contribution in [3.63, 3.8) is 0 Å². The standard InChI is InChI=1S/C24H27ClF4N4O3/c1-23(2,3)36-22(35)32-10-14(11-32)8-20(34)31-7-6-17-19(13-31)33(30-21(17)24(27,28)29)12-15-4-5-16(25)9-18(15)26/h4-5,9,14H,6-8,10-13H2,1-3H3. The molecule has 0 atom stereocenters. The van der Waals surface area contributed by atoms with Crippen molar-refractivity contribution in [3.05, 3.63) is 51.6 Å². The van der Waals surface area contributed by atoms with E-state index in [1.807, 2.05) is 0 Å². The van der Waals surface area contributed by atoms with Gasteiger partial charge >= 0.3 is 12.3 Å². The lowest BCUT2D eigenvalue weighted by atomic mass is 9.95. The molecule has 4 rings (SSSR count). The molecule has 196 valence electrons. The second-order valence-corrected chi connectivity index (χ2v) is 10.6. The zero-order valence-corrected chi connectivity index (χ0v) is 20.9. The van der Waals surface area contributed by atoms with E-state index in [1.54, 1.807) is 20.8 Å². The van der Waals surface area contributed by atoms with Gasteiger partial charge in [0, 0.05) is 48.1 Å². The minimum Gasteiger partial charge on any atom is -0.444 e. The topological polar surface area (TPSA) is 67.7 Å². The largest absolute Gasteiger partial charge is 0.444 e. The van der Waals surface area contributed by atoms with Crippen LogP contribution in [0.1, 0.15) is 49.7 Å². The zero-order valence-electron chi connectivity index (χ0n) is 20.2. The number of rotatable bonds is 4. The summed E-state index contributed by atoms with van der Waals surface area (Å²) in [5, 5.41) is 3.93. The maximum atomic E-state index is 14.3. The molecule has 1 aromatic carbocycles. The molecular weight excluding hydrogens is 504 g/mol. The van der Waals surface area contributed by atoms with E-state index in [0.29, 0.717) is 13.1 Å². The van der Waals surface area contributed by atoms with E-state index in [-0.39, 0.29) is 66.1 Å². The highest BCUT2D eigenvalue weighted by molar-refractivity contribution is 6.30. The second-order valence-electron chi connectivity index (χ2n) is 10.2. The molecule has 2 aliphatic rings. The predicted octanol–water partition coefficient (Wildman–Crippen LogP) is 4.88. The van der Waals surface area contributed by atoms with Gasteiger partial charge in [0.1, 0.15) is 11.4 Å². The predicted molar refractivity (Wildman–Crippen MR) is 123 cm³/mol. The van der Waals surface area contributed by atoms with E-state index >= 15 is 0 Å². The first-order valence-corrected chi connectivity index (χ1v) is 11.9. The van der Waals surface area contributed by atoms with Gasteiger partial charge < -0.3 is 14.5 Å². The SMILES string of the molecule is CC(C)(C)OC(=O)N1CC(CC(=O)N2CCc3c(C(F)(F)F)nn(Cc4ccc(Cl)cc4F)c3C2)C1. The van der Waals surface area contributed by atoms with Crippen LogP contribution >= 0.6 is 11.6 Å². The van der Waals surface area contributed by atoms with Crippen LogP contribution < -0.4 is 0 Å². The molecule has 0 unspecified atom stereocenters. The Morgan fingerprint density at radius 3 is 2.47 bits per heavy atom. The van der Waals surface area contributed by atoms with Crippen molar-refractivity contribution in [2.75, 3.05) is 19.6 Å². The van der Waals surface area contributed by atoms with Crippen molar-refractivity contribution in [3.8, 4) is 0 Å².